The van der Waals surface area contributed by atoms with Gasteiger partial charge in [-0.2, -0.15) is 0 Å². The third-order valence-electron chi connectivity index (χ3n) is 1.83. The average molecular weight is 240 g/mol. The normalized spacial score (nSPS) is 11.9. The zero-order valence-corrected chi connectivity index (χ0v) is 11.2. The fraction of sp³-hybridized carbons (Fsp3) is 0.636. The monoisotopic (exact) mass is 240 g/mol. The second kappa shape index (κ2) is 6.48. The van der Waals surface area contributed by atoms with Gasteiger partial charge >= 0.3 is 0 Å². The number of hydrogen-bond acceptors (Lipinski definition) is 3. The predicted octanol–water partition coefficient (Wildman–Crippen LogP) is 1.92. The van der Waals surface area contributed by atoms with Crippen LogP contribution >= 0.6 is 11.3 Å². The third-order valence-corrected chi connectivity index (χ3v) is 2.73. The van der Waals surface area contributed by atoms with Crippen molar-refractivity contribution in [1.82, 2.24) is 15.6 Å². The predicted molar refractivity (Wildman–Crippen MR) is 69.9 cm³/mol. The maximum atomic E-state index is 4.50. The first-order valence-corrected chi connectivity index (χ1v) is 6.39. The summed E-state index contributed by atoms with van der Waals surface area (Å²) in [4.78, 5) is 9.90. The minimum absolute atomic E-state index is 0.390. The Morgan fingerprint density at radius 2 is 2.31 bits per heavy atom. The molecule has 0 aliphatic rings. The van der Waals surface area contributed by atoms with Crippen LogP contribution in [0.3, 0.4) is 0 Å². The Hall–Kier alpha value is -1.10. The summed E-state index contributed by atoms with van der Waals surface area (Å²) in [5, 5.41) is 7.58. The molecule has 1 rings (SSSR count). The molecule has 2 N–H and O–H groups in total. The molecule has 0 radical (unpaired) electrons. The number of rotatable bonds is 4. The number of hydrogen-bond donors (Lipinski definition) is 2. The van der Waals surface area contributed by atoms with Gasteiger partial charge in [-0.3, -0.25) is 0 Å². The van der Waals surface area contributed by atoms with E-state index in [-0.39, 0.29) is 0 Å². The molecule has 0 amide bonds. The molecular weight excluding hydrogens is 220 g/mol. The summed E-state index contributed by atoms with van der Waals surface area (Å²) in [6.45, 7) is 9.84. The van der Waals surface area contributed by atoms with Crippen LogP contribution in [-0.2, 0) is 6.54 Å². The topological polar surface area (TPSA) is 49.3 Å². The van der Waals surface area contributed by atoms with Crippen LogP contribution in [0.1, 0.15) is 30.7 Å². The van der Waals surface area contributed by atoms with E-state index in [1.165, 1.54) is 4.88 Å². The number of thiazole rings is 1. The Morgan fingerprint density at radius 3 is 2.81 bits per heavy atom. The van der Waals surface area contributed by atoms with Crippen molar-refractivity contribution in [2.45, 2.75) is 40.3 Å². The van der Waals surface area contributed by atoms with Crippen molar-refractivity contribution < 1.29 is 0 Å². The molecule has 0 aliphatic carbocycles. The zero-order valence-electron chi connectivity index (χ0n) is 10.4. The maximum Gasteiger partial charge on any atom is 0.191 e. The first-order valence-electron chi connectivity index (χ1n) is 5.58. The van der Waals surface area contributed by atoms with E-state index >= 15 is 0 Å². The maximum absolute atomic E-state index is 4.50. The van der Waals surface area contributed by atoms with Crippen molar-refractivity contribution in [2.24, 2.45) is 4.99 Å². The number of nitrogens with zero attached hydrogens (tertiary/aromatic N) is 2. The van der Waals surface area contributed by atoms with Gasteiger partial charge in [-0.25, -0.2) is 9.98 Å². The van der Waals surface area contributed by atoms with Crippen LogP contribution in [0.25, 0.3) is 0 Å². The summed E-state index contributed by atoms with van der Waals surface area (Å²) in [6, 6.07) is 0.390. The van der Waals surface area contributed by atoms with Crippen molar-refractivity contribution in [2.75, 3.05) is 6.54 Å². The van der Waals surface area contributed by atoms with Crippen LogP contribution in [0.2, 0.25) is 0 Å². The quantitative estimate of drug-likeness (QED) is 0.624. The fourth-order valence-electron chi connectivity index (χ4n) is 1.23. The molecule has 0 saturated heterocycles. The Labute approximate surface area is 101 Å². The third kappa shape index (κ3) is 4.61. The minimum Gasteiger partial charge on any atom is -0.357 e. The van der Waals surface area contributed by atoms with E-state index in [0.717, 1.165) is 17.5 Å². The molecule has 1 heterocycles. The van der Waals surface area contributed by atoms with Crippen LogP contribution in [-0.4, -0.2) is 23.5 Å². The SMILES string of the molecule is CCNC(=NCc1cnc(C)s1)NC(C)C. The molecule has 0 unspecified atom stereocenters. The van der Waals surface area contributed by atoms with Gasteiger partial charge in [0.1, 0.15) is 0 Å². The van der Waals surface area contributed by atoms with Crippen molar-refractivity contribution in [1.29, 1.82) is 0 Å². The van der Waals surface area contributed by atoms with E-state index in [0.29, 0.717) is 12.6 Å². The van der Waals surface area contributed by atoms with E-state index in [1.807, 2.05) is 13.1 Å². The van der Waals surface area contributed by atoms with Gasteiger partial charge in [0.25, 0.3) is 0 Å². The van der Waals surface area contributed by atoms with E-state index < -0.39 is 0 Å². The summed E-state index contributed by atoms with van der Waals surface area (Å²) in [5.41, 5.74) is 0. The number of guanidine groups is 1. The Kier molecular flexibility index (Phi) is 5.25. The molecule has 0 saturated carbocycles. The van der Waals surface area contributed by atoms with Crippen LogP contribution < -0.4 is 10.6 Å². The molecule has 0 atom stereocenters. The molecule has 4 nitrogen and oxygen atoms in total. The Balaban J connectivity index is 2.56. The lowest BCUT2D eigenvalue weighted by molar-refractivity contribution is 0.701. The molecule has 16 heavy (non-hydrogen) atoms. The van der Waals surface area contributed by atoms with Gasteiger partial charge in [0.15, 0.2) is 5.96 Å². The average Bonchev–Trinajstić information content (AvgIpc) is 2.60. The molecule has 5 heteroatoms. The summed E-state index contributed by atoms with van der Waals surface area (Å²) >= 11 is 1.69. The highest BCUT2D eigenvalue weighted by Crippen LogP contribution is 2.12. The molecule has 0 spiro atoms. The Morgan fingerprint density at radius 1 is 1.56 bits per heavy atom. The molecule has 1 aromatic rings. The van der Waals surface area contributed by atoms with Gasteiger partial charge < -0.3 is 10.6 Å². The summed E-state index contributed by atoms with van der Waals surface area (Å²) in [5.74, 6) is 0.864. The van der Waals surface area contributed by atoms with Crippen molar-refractivity contribution in [3.63, 3.8) is 0 Å². The first kappa shape index (κ1) is 13.0. The highest BCUT2D eigenvalue weighted by molar-refractivity contribution is 7.11. The van der Waals surface area contributed by atoms with E-state index in [1.54, 1.807) is 11.3 Å². The van der Waals surface area contributed by atoms with Gasteiger partial charge in [0.05, 0.1) is 11.6 Å². The summed E-state index contributed by atoms with van der Waals surface area (Å²) in [7, 11) is 0. The van der Waals surface area contributed by atoms with Gasteiger partial charge in [0.2, 0.25) is 0 Å². The van der Waals surface area contributed by atoms with Crippen LogP contribution in [0, 0.1) is 6.92 Å². The molecular formula is C11H20N4S. The number of aryl methyl sites for hydroxylation is 1. The number of aliphatic imine (C=N–C) groups is 1. The summed E-state index contributed by atoms with van der Waals surface area (Å²) in [6.07, 6.45) is 1.89. The van der Waals surface area contributed by atoms with Crippen LogP contribution in [0.5, 0.6) is 0 Å². The standard InChI is InChI=1S/C11H20N4S/c1-5-12-11(15-8(2)3)14-7-10-6-13-9(4)16-10/h6,8H,5,7H2,1-4H3,(H2,12,14,15). The van der Waals surface area contributed by atoms with Crippen molar-refractivity contribution >= 4 is 17.3 Å². The molecule has 0 bridgehead atoms. The van der Waals surface area contributed by atoms with Crippen LogP contribution in [0.4, 0.5) is 0 Å². The largest absolute Gasteiger partial charge is 0.357 e. The minimum atomic E-state index is 0.390. The highest BCUT2D eigenvalue weighted by Gasteiger charge is 2.01. The van der Waals surface area contributed by atoms with Gasteiger partial charge in [-0.1, -0.05) is 0 Å². The lowest BCUT2D eigenvalue weighted by Gasteiger charge is -2.13. The number of aromatic nitrogens is 1. The van der Waals surface area contributed by atoms with Crippen molar-refractivity contribution in [3.05, 3.63) is 16.1 Å². The van der Waals surface area contributed by atoms with Gasteiger partial charge in [0, 0.05) is 23.7 Å². The van der Waals surface area contributed by atoms with Crippen molar-refractivity contribution in [3.8, 4) is 0 Å². The van der Waals surface area contributed by atoms with Crippen LogP contribution in [0.15, 0.2) is 11.2 Å². The second-order valence-electron chi connectivity index (χ2n) is 3.84. The highest BCUT2D eigenvalue weighted by atomic mass is 32.1. The first-order chi connectivity index (χ1) is 7.61. The molecule has 1 aromatic heterocycles. The smallest absolute Gasteiger partial charge is 0.191 e. The lowest BCUT2D eigenvalue weighted by atomic mass is 10.4. The van der Waals surface area contributed by atoms with E-state index in [2.05, 4.69) is 41.4 Å². The van der Waals surface area contributed by atoms with E-state index in [9.17, 15) is 0 Å². The zero-order chi connectivity index (χ0) is 12.0. The molecule has 0 aliphatic heterocycles. The number of nitrogens with one attached hydrogen (secondary N) is 2. The van der Waals surface area contributed by atoms with E-state index in [4.69, 9.17) is 0 Å². The Bertz CT molecular complexity index is 344. The lowest BCUT2D eigenvalue weighted by Crippen LogP contribution is -2.40. The van der Waals surface area contributed by atoms with Gasteiger partial charge in [-0.15, -0.1) is 11.3 Å². The molecule has 0 fully saturated rings. The summed E-state index contributed by atoms with van der Waals surface area (Å²) < 4.78 is 0. The molecule has 0 aromatic carbocycles. The second-order valence-corrected chi connectivity index (χ2v) is 5.16. The molecule has 90 valence electrons. The van der Waals surface area contributed by atoms with Gasteiger partial charge in [-0.05, 0) is 27.7 Å². The fourth-order valence-corrected chi connectivity index (χ4v) is 1.95.